The van der Waals surface area contributed by atoms with Gasteiger partial charge in [-0.2, -0.15) is 0 Å². The predicted molar refractivity (Wildman–Crippen MR) is 152 cm³/mol. The van der Waals surface area contributed by atoms with E-state index in [1.165, 1.54) is 52.7 Å². The van der Waals surface area contributed by atoms with Gasteiger partial charge in [-0.1, -0.05) is 12.1 Å². The number of phenolic OH excluding ortho intramolecular Hbond substituents is 1. The maximum atomic E-state index is 11.0. The SMILES string of the molecule is COc1cc(C(O)C(CO)Oc2c(OC)cc(C3Oc4c(OC)cc(C=CC=O)cc4C3CO)cc2OC)ccc1O. The lowest BCUT2D eigenvalue weighted by atomic mass is 9.90. The number of fused-ring (bicyclic) bond motifs is 1. The second-order valence-corrected chi connectivity index (χ2v) is 9.43. The van der Waals surface area contributed by atoms with Crippen LogP contribution in [0.2, 0.25) is 0 Å². The van der Waals surface area contributed by atoms with Crippen LogP contribution in [0.4, 0.5) is 0 Å². The van der Waals surface area contributed by atoms with Crippen molar-refractivity contribution in [2.24, 2.45) is 0 Å². The summed E-state index contributed by atoms with van der Waals surface area (Å²) in [7, 11) is 5.76. The van der Waals surface area contributed by atoms with Crippen LogP contribution in [0.3, 0.4) is 0 Å². The van der Waals surface area contributed by atoms with Crippen LogP contribution in [0.5, 0.6) is 40.2 Å². The molecule has 3 aromatic carbocycles. The Morgan fingerprint density at radius 3 is 2.14 bits per heavy atom. The molecule has 0 aliphatic carbocycles. The molecule has 0 saturated carbocycles. The van der Waals surface area contributed by atoms with Gasteiger partial charge in [-0.3, -0.25) is 4.79 Å². The number of phenols is 1. The Labute approximate surface area is 243 Å². The standard InChI is InChI=1S/C31H34O11/c1-37-23-12-18(7-8-22(23)35)28(36)27(16-34)41-31-25(39-3)13-19(14-26(31)40-4)29-21(15-33)20-10-17(6-5-9-32)11-24(38-2)30(20)42-29/h5-14,21,27-29,33-36H,15-16H2,1-4H3. The molecule has 224 valence electrons. The summed E-state index contributed by atoms with van der Waals surface area (Å²) in [5.74, 6) is 1.07. The van der Waals surface area contributed by atoms with Crippen LogP contribution in [0.25, 0.3) is 6.08 Å². The lowest BCUT2D eigenvalue weighted by Gasteiger charge is -2.26. The zero-order chi connectivity index (χ0) is 30.4. The molecule has 4 rings (SSSR count). The lowest BCUT2D eigenvalue weighted by molar-refractivity contribution is -0.104. The number of carbonyl (C=O) groups is 1. The van der Waals surface area contributed by atoms with Crippen LogP contribution in [-0.4, -0.2) is 74.5 Å². The highest BCUT2D eigenvalue weighted by Crippen LogP contribution is 2.53. The zero-order valence-corrected chi connectivity index (χ0v) is 23.6. The molecule has 11 nitrogen and oxygen atoms in total. The molecule has 0 radical (unpaired) electrons. The number of hydrogen-bond acceptors (Lipinski definition) is 11. The van der Waals surface area contributed by atoms with Gasteiger partial charge in [-0.15, -0.1) is 0 Å². The van der Waals surface area contributed by atoms with Crippen molar-refractivity contribution in [1.29, 1.82) is 0 Å². The third-order valence-corrected chi connectivity index (χ3v) is 7.06. The Bertz CT molecular complexity index is 1410. The number of methoxy groups -OCH3 is 4. The smallest absolute Gasteiger partial charge is 0.204 e. The van der Waals surface area contributed by atoms with Gasteiger partial charge in [0.2, 0.25) is 5.75 Å². The van der Waals surface area contributed by atoms with Crippen LogP contribution in [0, 0.1) is 0 Å². The van der Waals surface area contributed by atoms with Gasteiger partial charge in [0.05, 0.1) is 47.6 Å². The predicted octanol–water partition coefficient (Wildman–Crippen LogP) is 3.32. The molecule has 11 heteroatoms. The third-order valence-electron chi connectivity index (χ3n) is 7.06. The Kier molecular flexibility index (Phi) is 9.79. The molecule has 0 saturated heterocycles. The molecule has 0 bridgehead atoms. The number of rotatable bonds is 13. The summed E-state index contributed by atoms with van der Waals surface area (Å²) in [6.07, 6.45) is 0.561. The average Bonchev–Trinajstić information content (AvgIpc) is 3.40. The molecule has 0 fully saturated rings. The van der Waals surface area contributed by atoms with Crippen molar-refractivity contribution in [2.75, 3.05) is 41.7 Å². The molecule has 1 aliphatic rings. The average molecular weight is 583 g/mol. The summed E-state index contributed by atoms with van der Waals surface area (Å²) >= 11 is 0. The fourth-order valence-corrected chi connectivity index (χ4v) is 4.94. The molecule has 0 spiro atoms. The van der Waals surface area contributed by atoms with Gasteiger partial charge in [0, 0.05) is 11.1 Å². The van der Waals surface area contributed by atoms with Crippen molar-refractivity contribution in [3.05, 3.63) is 70.8 Å². The number of hydrogen-bond donors (Lipinski definition) is 4. The number of aliphatic hydroxyl groups excluding tert-OH is 3. The molecule has 4 unspecified atom stereocenters. The summed E-state index contributed by atoms with van der Waals surface area (Å²) in [4.78, 5) is 10.8. The van der Waals surface area contributed by atoms with Crippen LogP contribution < -0.4 is 28.4 Å². The normalized spacial score (nSPS) is 17.2. The van der Waals surface area contributed by atoms with E-state index in [9.17, 15) is 25.2 Å². The summed E-state index contributed by atoms with van der Waals surface area (Å²) in [5.41, 5.74) is 2.36. The highest BCUT2D eigenvalue weighted by atomic mass is 16.6. The molecule has 4 N–H and O–H groups in total. The maximum Gasteiger partial charge on any atom is 0.204 e. The molecule has 0 aromatic heterocycles. The van der Waals surface area contributed by atoms with Gasteiger partial charge in [0.15, 0.2) is 40.6 Å². The highest BCUT2D eigenvalue weighted by molar-refractivity contribution is 5.75. The van der Waals surface area contributed by atoms with Gasteiger partial charge in [-0.25, -0.2) is 0 Å². The number of ether oxygens (including phenoxy) is 6. The van der Waals surface area contributed by atoms with E-state index in [1.54, 1.807) is 24.3 Å². The number of aldehydes is 1. The molecule has 4 atom stereocenters. The summed E-state index contributed by atoms with van der Waals surface area (Å²) in [6, 6.07) is 11.2. The van der Waals surface area contributed by atoms with Crippen molar-refractivity contribution >= 4 is 12.4 Å². The first-order valence-electron chi connectivity index (χ1n) is 13.0. The molecule has 1 aliphatic heterocycles. The van der Waals surface area contributed by atoms with E-state index in [1.807, 2.05) is 6.07 Å². The number of aromatic hydroxyl groups is 1. The van der Waals surface area contributed by atoms with Gasteiger partial charge in [-0.05, 0) is 53.6 Å². The fourth-order valence-electron chi connectivity index (χ4n) is 4.94. The Balaban J connectivity index is 1.70. The molecule has 42 heavy (non-hydrogen) atoms. The molecule has 1 heterocycles. The van der Waals surface area contributed by atoms with Crippen LogP contribution in [-0.2, 0) is 4.79 Å². The van der Waals surface area contributed by atoms with Gasteiger partial charge >= 0.3 is 0 Å². The highest BCUT2D eigenvalue weighted by Gasteiger charge is 2.39. The molecule has 3 aromatic rings. The summed E-state index contributed by atoms with van der Waals surface area (Å²) in [5, 5.41) is 41.4. The largest absolute Gasteiger partial charge is 0.504 e. The first-order chi connectivity index (χ1) is 20.3. The first kappa shape index (κ1) is 30.5. The van der Waals surface area contributed by atoms with E-state index in [2.05, 4.69) is 0 Å². The van der Waals surface area contributed by atoms with Crippen LogP contribution in [0.15, 0.2) is 48.5 Å². The van der Waals surface area contributed by atoms with Gasteiger partial charge < -0.3 is 48.8 Å². The second-order valence-electron chi connectivity index (χ2n) is 9.43. The zero-order valence-electron chi connectivity index (χ0n) is 23.6. The lowest BCUT2D eigenvalue weighted by Crippen LogP contribution is -2.29. The number of allylic oxidation sites excluding steroid dienone is 1. The summed E-state index contributed by atoms with van der Waals surface area (Å²) in [6.45, 7) is -0.813. The fraction of sp³-hybridized carbons (Fsp3) is 0.323. The van der Waals surface area contributed by atoms with E-state index >= 15 is 0 Å². The van der Waals surface area contributed by atoms with Crippen LogP contribution in [0.1, 0.15) is 40.4 Å². The first-order valence-corrected chi connectivity index (χ1v) is 13.0. The van der Waals surface area contributed by atoms with E-state index in [0.29, 0.717) is 40.0 Å². The quantitative estimate of drug-likeness (QED) is 0.173. The Morgan fingerprint density at radius 1 is 0.905 bits per heavy atom. The minimum absolute atomic E-state index is 0.0995. The van der Waals surface area contributed by atoms with Crippen LogP contribution >= 0.6 is 0 Å². The Morgan fingerprint density at radius 2 is 1.57 bits per heavy atom. The number of carbonyl (C=O) groups excluding carboxylic acids is 1. The van der Waals surface area contributed by atoms with Crippen molar-refractivity contribution in [2.45, 2.75) is 24.2 Å². The van der Waals surface area contributed by atoms with E-state index in [-0.39, 0.29) is 35.4 Å². The van der Waals surface area contributed by atoms with E-state index in [0.717, 1.165) is 0 Å². The van der Waals surface area contributed by atoms with Crippen molar-refractivity contribution in [3.8, 4) is 40.2 Å². The molecule has 0 amide bonds. The maximum absolute atomic E-state index is 11.0. The second kappa shape index (κ2) is 13.5. The van der Waals surface area contributed by atoms with Crippen molar-refractivity contribution < 1.29 is 53.6 Å². The summed E-state index contributed by atoms with van der Waals surface area (Å²) < 4.78 is 34.2. The Hall–Kier alpha value is -4.45. The minimum Gasteiger partial charge on any atom is -0.504 e. The van der Waals surface area contributed by atoms with E-state index < -0.39 is 30.8 Å². The van der Waals surface area contributed by atoms with Gasteiger partial charge in [0.1, 0.15) is 18.5 Å². The number of aliphatic hydroxyl groups is 3. The topological polar surface area (TPSA) is 153 Å². The number of benzene rings is 3. The van der Waals surface area contributed by atoms with Crippen molar-refractivity contribution in [3.63, 3.8) is 0 Å². The van der Waals surface area contributed by atoms with Crippen molar-refractivity contribution in [1.82, 2.24) is 0 Å². The monoisotopic (exact) mass is 582 g/mol. The minimum atomic E-state index is -1.31. The molecular formula is C31H34O11. The molecular weight excluding hydrogens is 548 g/mol. The third kappa shape index (κ3) is 5.94. The van der Waals surface area contributed by atoms with Gasteiger partial charge in [0.25, 0.3) is 0 Å². The van der Waals surface area contributed by atoms with E-state index in [4.69, 9.17) is 28.4 Å².